The highest BCUT2D eigenvalue weighted by molar-refractivity contribution is 8.06. The molecule has 20 heavy (non-hydrogen) atoms. The van der Waals surface area contributed by atoms with Gasteiger partial charge in [0.25, 0.3) is 0 Å². The zero-order valence-corrected chi connectivity index (χ0v) is 13.8. The average Bonchev–Trinajstić information content (AvgIpc) is 2.65. The molecule has 0 aliphatic carbocycles. The van der Waals surface area contributed by atoms with E-state index in [0.717, 1.165) is 23.4 Å². The summed E-state index contributed by atoms with van der Waals surface area (Å²) in [6.45, 7) is 7.20. The molecule has 4 nitrogen and oxygen atoms in total. The number of aromatic nitrogens is 3. The number of aryl methyl sites for hydroxylation is 2. The summed E-state index contributed by atoms with van der Waals surface area (Å²) in [5, 5.41) is 1.69. The summed E-state index contributed by atoms with van der Waals surface area (Å²) in [6, 6.07) is 0. The Hall–Kier alpha value is -0.880. The van der Waals surface area contributed by atoms with E-state index in [2.05, 4.69) is 51.9 Å². The molecule has 0 amide bonds. The molecule has 0 radical (unpaired) electrons. The number of nitrogen functional groups attached to an aromatic ring is 1. The third kappa shape index (κ3) is 2.39. The van der Waals surface area contributed by atoms with Crippen LogP contribution in [0.2, 0.25) is 0 Å². The van der Waals surface area contributed by atoms with Gasteiger partial charge in [0, 0.05) is 34.7 Å². The van der Waals surface area contributed by atoms with Crippen LogP contribution >= 0.6 is 23.5 Å². The van der Waals surface area contributed by atoms with Gasteiger partial charge in [-0.25, -0.2) is 9.97 Å². The predicted octanol–water partition coefficient (Wildman–Crippen LogP) is 2.79. The van der Waals surface area contributed by atoms with Crippen LogP contribution in [-0.4, -0.2) is 37.0 Å². The smallest absolute Gasteiger partial charge is 0.146 e. The van der Waals surface area contributed by atoms with Gasteiger partial charge in [-0.15, -0.1) is 0 Å². The molecule has 2 aromatic heterocycles. The van der Waals surface area contributed by atoms with Crippen LogP contribution in [0.3, 0.4) is 0 Å². The fourth-order valence-electron chi connectivity index (χ4n) is 2.75. The summed E-state index contributed by atoms with van der Waals surface area (Å²) >= 11 is 4.13. The van der Waals surface area contributed by atoms with Crippen molar-refractivity contribution in [2.24, 2.45) is 0 Å². The van der Waals surface area contributed by atoms with E-state index >= 15 is 0 Å². The molecule has 1 aliphatic heterocycles. The van der Waals surface area contributed by atoms with Crippen LogP contribution in [0.25, 0.3) is 11.0 Å². The molecular weight excluding hydrogens is 288 g/mol. The maximum Gasteiger partial charge on any atom is 0.146 e. The minimum absolute atomic E-state index is 0.609. The molecule has 0 aromatic carbocycles. The van der Waals surface area contributed by atoms with Crippen molar-refractivity contribution in [2.45, 2.75) is 32.6 Å². The van der Waals surface area contributed by atoms with Crippen LogP contribution in [0.5, 0.6) is 0 Å². The second-order valence-corrected chi connectivity index (χ2v) is 7.80. The summed E-state index contributed by atoms with van der Waals surface area (Å²) in [4.78, 5) is 8.95. The van der Waals surface area contributed by atoms with Gasteiger partial charge in [0.1, 0.15) is 17.3 Å². The Morgan fingerprint density at radius 1 is 1.25 bits per heavy atom. The van der Waals surface area contributed by atoms with Gasteiger partial charge in [0.15, 0.2) is 0 Å². The lowest BCUT2D eigenvalue weighted by Crippen LogP contribution is -2.21. The van der Waals surface area contributed by atoms with Gasteiger partial charge in [-0.05, 0) is 26.3 Å². The number of nitrogens with zero attached hydrogens (tertiary/aromatic N) is 3. The minimum Gasteiger partial charge on any atom is -0.383 e. The Balaban J connectivity index is 2.07. The van der Waals surface area contributed by atoms with Gasteiger partial charge >= 0.3 is 0 Å². The highest BCUT2D eigenvalue weighted by Gasteiger charge is 2.20. The van der Waals surface area contributed by atoms with E-state index in [-0.39, 0.29) is 0 Å². The average molecular weight is 308 g/mol. The highest BCUT2D eigenvalue weighted by atomic mass is 32.2. The van der Waals surface area contributed by atoms with Gasteiger partial charge in [0.2, 0.25) is 0 Å². The Labute approximate surface area is 127 Å². The van der Waals surface area contributed by atoms with Gasteiger partial charge < -0.3 is 10.3 Å². The molecule has 1 fully saturated rings. The second kappa shape index (κ2) is 5.48. The van der Waals surface area contributed by atoms with Crippen LogP contribution in [0.15, 0.2) is 0 Å². The standard InChI is InChI=1S/C14H20N4S2/c1-8-9(2)18(6-11-7-19-4-5-20-11)14-12(8)13(15)16-10(3)17-14/h11H,4-7H2,1-3H3,(H2,15,16,17). The lowest BCUT2D eigenvalue weighted by atomic mass is 10.2. The van der Waals surface area contributed by atoms with Crippen molar-refractivity contribution in [1.82, 2.24) is 14.5 Å². The number of nitrogens with two attached hydrogens (primary N) is 1. The molecule has 6 heteroatoms. The molecular formula is C14H20N4S2. The maximum absolute atomic E-state index is 6.10. The molecule has 108 valence electrons. The van der Waals surface area contributed by atoms with E-state index in [0.29, 0.717) is 11.1 Å². The molecule has 2 N–H and O–H groups in total. The summed E-state index contributed by atoms with van der Waals surface area (Å²) < 4.78 is 2.33. The van der Waals surface area contributed by atoms with E-state index in [9.17, 15) is 0 Å². The number of hydrogen-bond donors (Lipinski definition) is 1. The van der Waals surface area contributed by atoms with Crippen molar-refractivity contribution in [3.63, 3.8) is 0 Å². The van der Waals surface area contributed by atoms with Crippen LogP contribution in [0.4, 0.5) is 5.82 Å². The van der Waals surface area contributed by atoms with Crippen LogP contribution < -0.4 is 5.73 Å². The Kier molecular flexibility index (Phi) is 3.86. The Morgan fingerprint density at radius 3 is 2.75 bits per heavy atom. The maximum atomic E-state index is 6.10. The number of fused-ring (bicyclic) bond motifs is 1. The topological polar surface area (TPSA) is 56.7 Å². The third-order valence-electron chi connectivity index (χ3n) is 3.88. The van der Waals surface area contributed by atoms with E-state index in [1.807, 2.05) is 6.92 Å². The van der Waals surface area contributed by atoms with Crippen molar-refractivity contribution in [3.05, 3.63) is 17.1 Å². The first-order chi connectivity index (χ1) is 9.58. The van der Waals surface area contributed by atoms with E-state index in [1.54, 1.807) is 0 Å². The molecule has 0 saturated carbocycles. The Morgan fingerprint density at radius 2 is 2.05 bits per heavy atom. The monoisotopic (exact) mass is 308 g/mol. The first kappa shape index (κ1) is 14.1. The minimum atomic E-state index is 0.609. The van der Waals surface area contributed by atoms with Crippen molar-refractivity contribution >= 4 is 40.4 Å². The van der Waals surface area contributed by atoms with Crippen LogP contribution in [0.1, 0.15) is 17.1 Å². The Bertz CT molecular complexity index is 644. The molecule has 1 aliphatic rings. The first-order valence-electron chi connectivity index (χ1n) is 6.86. The van der Waals surface area contributed by atoms with Crippen molar-refractivity contribution < 1.29 is 0 Å². The SMILES string of the molecule is Cc1nc(N)c2c(C)c(C)n(CC3CSCCS3)c2n1. The van der Waals surface area contributed by atoms with Crippen LogP contribution in [0, 0.1) is 20.8 Å². The third-order valence-corrected chi connectivity index (χ3v) is 6.71. The van der Waals surface area contributed by atoms with Crippen molar-refractivity contribution in [3.8, 4) is 0 Å². The molecule has 0 spiro atoms. The fourth-order valence-corrected chi connectivity index (χ4v) is 5.40. The molecule has 3 heterocycles. The van der Waals surface area contributed by atoms with Gasteiger partial charge in [-0.1, -0.05) is 0 Å². The van der Waals surface area contributed by atoms with E-state index in [1.165, 1.54) is 28.5 Å². The number of anilines is 1. The largest absolute Gasteiger partial charge is 0.383 e. The van der Waals surface area contributed by atoms with E-state index in [4.69, 9.17) is 5.73 Å². The fraction of sp³-hybridized carbons (Fsp3) is 0.571. The lowest BCUT2D eigenvalue weighted by molar-refractivity contribution is 0.692. The highest BCUT2D eigenvalue weighted by Crippen LogP contribution is 2.31. The summed E-state index contributed by atoms with van der Waals surface area (Å²) in [5.74, 6) is 5.11. The quantitative estimate of drug-likeness (QED) is 0.924. The number of rotatable bonds is 2. The number of thioether (sulfide) groups is 2. The zero-order valence-electron chi connectivity index (χ0n) is 12.1. The van der Waals surface area contributed by atoms with Gasteiger partial charge in [-0.3, -0.25) is 0 Å². The molecule has 1 saturated heterocycles. The van der Waals surface area contributed by atoms with Crippen LogP contribution in [-0.2, 0) is 6.54 Å². The molecule has 1 atom stereocenters. The molecule has 2 aromatic rings. The predicted molar refractivity (Wildman–Crippen MR) is 89.7 cm³/mol. The zero-order chi connectivity index (χ0) is 14.3. The van der Waals surface area contributed by atoms with Gasteiger partial charge in [-0.2, -0.15) is 23.5 Å². The summed E-state index contributed by atoms with van der Waals surface area (Å²) in [7, 11) is 0. The molecule has 3 rings (SSSR count). The molecule has 0 bridgehead atoms. The van der Waals surface area contributed by atoms with Crippen molar-refractivity contribution in [2.75, 3.05) is 23.0 Å². The first-order valence-corrected chi connectivity index (χ1v) is 9.07. The summed E-state index contributed by atoms with van der Waals surface area (Å²) in [5.41, 5.74) is 9.58. The van der Waals surface area contributed by atoms with Crippen molar-refractivity contribution in [1.29, 1.82) is 0 Å². The van der Waals surface area contributed by atoms with Gasteiger partial charge in [0.05, 0.1) is 5.39 Å². The lowest BCUT2D eigenvalue weighted by Gasteiger charge is -2.22. The molecule has 1 unspecified atom stereocenters. The summed E-state index contributed by atoms with van der Waals surface area (Å²) in [6.07, 6.45) is 0. The normalized spacial score (nSPS) is 19.6. The van der Waals surface area contributed by atoms with E-state index < -0.39 is 0 Å². The second-order valence-electron chi connectivity index (χ2n) is 5.24. The number of hydrogen-bond acceptors (Lipinski definition) is 5.